The van der Waals surface area contributed by atoms with Crippen LogP contribution in [0.15, 0.2) is 223 Å². The molecule has 0 bridgehead atoms. The number of hydrogen-bond acceptors (Lipinski definition) is 4. The summed E-state index contributed by atoms with van der Waals surface area (Å²) in [6, 6.07) is 77.2. The smallest absolute Gasteiger partial charge is 0.160 e. The molecule has 12 aromatic rings. The highest BCUT2D eigenvalue weighted by Crippen LogP contribution is 2.46. The maximum absolute atomic E-state index is 6.77. The van der Waals surface area contributed by atoms with E-state index < -0.39 is 0 Å². The summed E-state index contributed by atoms with van der Waals surface area (Å²) in [5.41, 5.74) is 15.8. The molecule has 0 aliphatic heterocycles. The van der Waals surface area contributed by atoms with Gasteiger partial charge in [-0.05, 0) is 57.6 Å². The van der Waals surface area contributed by atoms with E-state index in [4.69, 9.17) is 14.4 Å². The van der Waals surface area contributed by atoms with Gasteiger partial charge in [0.15, 0.2) is 5.82 Å². The largest absolute Gasteiger partial charge is 0.455 e. The van der Waals surface area contributed by atoms with E-state index in [2.05, 4.69) is 200 Å². The van der Waals surface area contributed by atoms with Gasteiger partial charge in [0.1, 0.15) is 11.2 Å². The second kappa shape index (κ2) is 15.0. The first-order chi connectivity index (χ1) is 30.7. The van der Waals surface area contributed by atoms with Crippen LogP contribution >= 0.6 is 11.3 Å². The first-order valence-corrected chi connectivity index (χ1v) is 21.7. The van der Waals surface area contributed by atoms with Crippen molar-refractivity contribution in [2.45, 2.75) is 0 Å². The maximum Gasteiger partial charge on any atom is 0.160 e. The Morgan fingerprint density at radius 2 is 0.839 bits per heavy atom. The van der Waals surface area contributed by atoms with Crippen molar-refractivity contribution >= 4 is 53.4 Å². The fourth-order valence-corrected chi connectivity index (χ4v) is 10.1. The van der Waals surface area contributed by atoms with Crippen LogP contribution in [0.5, 0.6) is 0 Å². The van der Waals surface area contributed by atoms with Crippen LogP contribution in [-0.2, 0) is 0 Å². The lowest BCUT2D eigenvalue weighted by Crippen LogP contribution is -1.96. The highest BCUT2D eigenvalue weighted by atomic mass is 32.1. The number of aromatic nitrogens is 2. The summed E-state index contributed by atoms with van der Waals surface area (Å²) in [6.07, 6.45) is 0. The number of benzene rings is 9. The van der Waals surface area contributed by atoms with Crippen LogP contribution < -0.4 is 0 Å². The van der Waals surface area contributed by atoms with E-state index in [1.54, 1.807) is 0 Å². The van der Waals surface area contributed by atoms with Crippen LogP contribution in [0.3, 0.4) is 0 Å². The average Bonchev–Trinajstić information content (AvgIpc) is 3.94. The van der Waals surface area contributed by atoms with Crippen molar-refractivity contribution in [3.63, 3.8) is 0 Å². The predicted molar refractivity (Wildman–Crippen MR) is 260 cm³/mol. The number of thiophene rings is 1. The third-order valence-corrected chi connectivity index (χ3v) is 13.2. The minimum atomic E-state index is 0.687. The van der Waals surface area contributed by atoms with Gasteiger partial charge in [-0.2, -0.15) is 0 Å². The zero-order valence-electron chi connectivity index (χ0n) is 33.5. The Morgan fingerprint density at radius 3 is 1.53 bits per heavy atom. The second-order valence-electron chi connectivity index (χ2n) is 15.7. The van der Waals surface area contributed by atoms with E-state index in [1.807, 2.05) is 29.5 Å². The molecule has 3 aromatic heterocycles. The standard InChI is InChI=1S/C58H36N2OS/c1-3-12-37(13-4-1)38-22-24-39(25-23-38)40-26-32-44(33-27-40)58-59-51(42-14-5-2-6-15-42)36-52(60-58)43-30-28-41(29-31-43)45-34-35-47(56-55(45)50-17-7-9-20-53(50)61-56)49-19-11-18-48-46-16-8-10-21-54(46)62-57(48)49/h1-36H. The molecule has 0 spiro atoms. The number of furan rings is 1. The van der Waals surface area contributed by atoms with Gasteiger partial charge in [0.25, 0.3) is 0 Å². The number of nitrogens with zero attached hydrogens (tertiary/aromatic N) is 2. The first-order valence-electron chi connectivity index (χ1n) is 20.9. The lowest BCUT2D eigenvalue weighted by atomic mass is 9.93. The van der Waals surface area contributed by atoms with E-state index >= 15 is 0 Å². The van der Waals surface area contributed by atoms with Gasteiger partial charge < -0.3 is 4.42 Å². The van der Waals surface area contributed by atoms with Gasteiger partial charge in [0.05, 0.1) is 11.4 Å². The van der Waals surface area contributed by atoms with Crippen molar-refractivity contribution in [2.75, 3.05) is 0 Å². The molecule has 0 aliphatic rings. The van der Waals surface area contributed by atoms with Gasteiger partial charge in [-0.15, -0.1) is 11.3 Å². The van der Waals surface area contributed by atoms with Gasteiger partial charge in [0.2, 0.25) is 0 Å². The molecular weight excluding hydrogens is 773 g/mol. The number of fused-ring (bicyclic) bond motifs is 6. The Kier molecular flexibility index (Phi) is 8.68. The summed E-state index contributed by atoms with van der Waals surface area (Å²) >= 11 is 1.84. The molecule has 0 N–H and O–H groups in total. The molecule has 3 heterocycles. The van der Waals surface area contributed by atoms with Crippen molar-refractivity contribution in [1.82, 2.24) is 9.97 Å². The molecule has 0 amide bonds. The minimum Gasteiger partial charge on any atom is -0.455 e. The lowest BCUT2D eigenvalue weighted by Gasteiger charge is -2.12. The van der Waals surface area contributed by atoms with Crippen LogP contribution in [0.25, 0.3) is 121 Å². The Bertz CT molecular complexity index is 3590. The molecule has 0 saturated carbocycles. The van der Waals surface area contributed by atoms with Gasteiger partial charge in [-0.1, -0.05) is 194 Å². The second-order valence-corrected chi connectivity index (χ2v) is 16.7. The quantitative estimate of drug-likeness (QED) is 0.161. The highest BCUT2D eigenvalue weighted by molar-refractivity contribution is 7.26. The zero-order chi connectivity index (χ0) is 41.0. The summed E-state index contributed by atoms with van der Waals surface area (Å²) in [6.45, 7) is 0. The van der Waals surface area contributed by atoms with Gasteiger partial charge in [0, 0.05) is 58.8 Å². The van der Waals surface area contributed by atoms with Crippen LogP contribution in [0.2, 0.25) is 0 Å². The molecule has 0 unspecified atom stereocenters. The van der Waals surface area contributed by atoms with Crippen molar-refractivity contribution in [1.29, 1.82) is 0 Å². The highest BCUT2D eigenvalue weighted by Gasteiger charge is 2.20. The van der Waals surface area contributed by atoms with Gasteiger partial charge in [-0.25, -0.2) is 9.97 Å². The molecule has 290 valence electrons. The monoisotopic (exact) mass is 808 g/mol. The van der Waals surface area contributed by atoms with Gasteiger partial charge >= 0.3 is 0 Å². The minimum absolute atomic E-state index is 0.687. The van der Waals surface area contributed by atoms with Crippen molar-refractivity contribution in [3.8, 4) is 78.4 Å². The Balaban J connectivity index is 0.920. The Hall–Kier alpha value is -7.92. The summed E-state index contributed by atoms with van der Waals surface area (Å²) in [5, 5.41) is 4.79. The van der Waals surface area contributed by atoms with Crippen molar-refractivity contribution in [3.05, 3.63) is 218 Å². The van der Waals surface area contributed by atoms with E-state index in [0.29, 0.717) is 5.82 Å². The molecule has 9 aromatic carbocycles. The predicted octanol–water partition coefficient (Wildman–Crippen LogP) is 16.4. The maximum atomic E-state index is 6.77. The molecular formula is C58H36N2OS. The van der Waals surface area contributed by atoms with Crippen LogP contribution in [0.4, 0.5) is 0 Å². The van der Waals surface area contributed by atoms with Crippen molar-refractivity contribution in [2.24, 2.45) is 0 Å². The summed E-state index contributed by atoms with van der Waals surface area (Å²) in [5.74, 6) is 0.687. The number of hydrogen-bond donors (Lipinski definition) is 0. The lowest BCUT2D eigenvalue weighted by molar-refractivity contribution is 0.670. The third kappa shape index (κ3) is 6.28. The molecule has 0 aliphatic carbocycles. The molecule has 0 fully saturated rings. The third-order valence-electron chi connectivity index (χ3n) is 12.0. The summed E-state index contributed by atoms with van der Waals surface area (Å²) in [7, 11) is 0. The van der Waals surface area contributed by atoms with Crippen LogP contribution in [0, 0.1) is 0 Å². The Labute approximate surface area is 362 Å². The zero-order valence-corrected chi connectivity index (χ0v) is 34.3. The molecule has 4 heteroatoms. The molecule has 3 nitrogen and oxygen atoms in total. The fraction of sp³-hybridized carbons (Fsp3) is 0. The van der Waals surface area contributed by atoms with Crippen LogP contribution in [0.1, 0.15) is 0 Å². The number of rotatable bonds is 7. The normalized spacial score (nSPS) is 11.5. The van der Waals surface area contributed by atoms with Crippen LogP contribution in [-0.4, -0.2) is 9.97 Å². The summed E-state index contributed by atoms with van der Waals surface area (Å²) < 4.78 is 9.33. The first kappa shape index (κ1) is 36.0. The summed E-state index contributed by atoms with van der Waals surface area (Å²) in [4.78, 5) is 10.3. The fourth-order valence-electron chi connectivity index (χ4n) is 8.84. The van der Waals surface area contributed by atoms with E-state index in [9.17, 15) is 0 Å². The van der Waals surface area contributed by atoms with E-state index in [-0.39, 0.29) is 0 Å². The van der Waals surface area contributed by atoms with Crippen molar-refractivity contribution < 1.29 is 4.42 Å². The topological polar surface area (TPSA) is 38.9 Å². The molecule has 0 saturated heterocycles. The average molecular weight is 809 g/mol. The molecule has 0 atom stereocenters. The molecule has 0 radical (unpaired) electrons. The number of para-hydroxylation sites is 1. The van der Waals surface area contributed by atoms with E-state index in [1.165, 1.54) is 42.4 Å². The van der Waals surface area contributed by atoms with E-state index in [0.717, 1.165) is 72.3 Å². The SMILES string of the molecule is c1ccc(-c2ccc(-c3ccc(-c4nc(-c5ccccc5)cc(-c5ccc(-c6ccc(-c7cccc8c7sc7ccccc78)c7oc8ccccc8c67)cc5)n4)cc3)cc2)cc1. The van der Waals surface area contributed by atoms with Gasteiger partial charge in [-0.3, -0.25) is 0 Å². The molecule has 62 heavy (non-hydrogen) atoms. The molecule has 12 rings (SSSR count). The Morgan fingerprint density at radius 1 is 0.339 bits per heavy atom.